The summed E-state index contributed by atoms with van der Waals surface area (Å²) < 4.78 is 11.4. The number of methoxy groups -OCH3 is 1. The summed E-state index contributed by atoms with van der Waals surface area (Å²) in [6.45, 7) is 9.18. The molecule has 0 unspecified atom stereocenters. The summed E-state index contributed by atoms with van der Waals surface area (Å²) in [5.74, 6) is 2.07. The molecule has 7 rings (SSSR count). The third-order valence-electron chi connectivity index (χ3n) is 11.9. The molecule has 0 radical (unpaired) electrons. The van der Waals surface area contributed by atoms with Crippen LogP contribution in [0.2, 0.25) is 0 Å². The second kappa shape index (κ2) is 14.4. The number of nitrogens with zero attached hydrogens (tertiary/aromatic N) is 4. The first kappa shape index (κ1) is 35.9. The highest BCUT2D eigenvalue weighted by Crippen LogP contribution is 2.58. The van der Waals surface area contributed by atoms with Gasteiger partial charge in [0.2, 0.25) is 5.91 Å². The molecule has 10 nitrogen and oxygen atoms in total. The number of carboxylic acid groups (broad SMARTS) is 1. The molecule has 0 atom stereocenters. The fraction of sp³-hybridized carbons (Fsp3) is 0.600. The van der Waals surface area contributed by atoms with Gasteiger partial charge in [0.15, 0.2) is 5.89 Å². The van der Waals surface area contributed by atoms with Gasteiger partial charge in [-0.15, -0.1) is 0 Å². The topological polar surface area (TPSA) is 129 Å². The second-order valence-corrected chi connectivity index (χ2v) is 16.1. The average Bonchev–Trinajstić information content (AvgIpc) is 3.63. The molecule has 4 aliphatic rings. The molecule has 1 aromatic carbocycles. The van der Waals surface area contributed by atoms with Crippen LogP contribution in [0.5, 0.6) is 5.75 Å². The van der Waals surface area contributed by atoms with Gasteiger partial charge in [-0.1, -0.05) is 32.9 Å². The average molecular weight is 687 g/mol. The Morgan fingerprint density at radius 3 is 2.30 bits per heavy atom. The number of carbonyl (C=O) groups is 2. The summed E-state index contributed by atoms with van der Waals surface area (Å²) in [5.41, 5.74) is 4.08. The zero-order chi connectivity index (χ0) is 35.7. The van der Waals surface area contributed by atoms with Crippen LogP contribution in [0.1, 0.15) is 108 Å². The lowest BCUT2D eigenvalue weighted by Crippen LogP contribution is -2.52. The second-order valence-electron chi connectivity index (χ2n) is 16.1. The van der Waals surface area contributed by atoms with Crippen molar-refractivity contribution in [3.8, 4) is 17.0 Å². The minimum atomic E-state index is -0.965. The molecule has 2 N–H and O–H groups in total. The monoisotopic (exact) mass is 686 g/mol. The van der Waals surface area contributed by atoms with E-state index in [0.29, 0.717) is 56.9 Å². The van der Waals surface area contributed by atoms with Crippen LogP contribution in [0.3, 0.4) is 0 Å². The molecule has 4 aliphatic carbocycles. The number of pyridine rings is 1. The van der Waals surface area contributed by atoms with Gasteiger partial charge in [-0.05, 0) is 118 Å². The SMILES string of the molecule is COc1ccc(C23CCC(CN(C(=O)C4CCC(N(CCCO)C(=O)O)CC4)c4cc(-c5coc(C(C)(C)C)n5)ccn4)(CC2)CC3)cc1C. The van der Waals surface area contributed by atoms with Gasteiger partial charge in [-0.25, -0.2) is 14.8 Å². The molecular formula is C40H54N4O6. The molecule has 4 fully saturated rings. The minimum absolute atomic E-state index is 0.00546. The van der Waals surface area contributed by atoms with Crippen molar-refractivity contribution < 1.29 is 29.0 Å². The lowest BCUT2D eigenvalue weighted by atomic mass is 9.51. The van der Waals surface area contributed by atoms with Crippen molar-refractivity contribution in [1.82, 2.24) is 14.9 Å². The van der Waals surface area contributed by atoms with Gasteiger partial charge in [0.05, 0.1) is 7.11 Å². The number of fused-ring (bicyclic) bond motifs is 3. The number of amides is 2. The first-order valence-electron chi connectivity index (χ1n) is 18.4. The summed E-state index contributed by atoms with van der Waals surface area (Å²) in [5, 5.41) is 19.1. The van der Waals surface area contributed by atoms with E-state index < -0.39 is 6.09 Å². The summed E-state index contributed by atoms with van der Waals surface area (Å²) in [7, 11) is 1.72. The number of aromatic nitrogens is 2. The number of oxazole rings is 1. The molecule has 3 aromatic rings. The molecule has 2 aromatic heterocycles. The number of carbonyl (C=O) groups excluding carboxylic acids is 1. The van der Waals surface area contributed by atoms with Crippen LogP contribution in [-0.2, 0) is 15.6 Å². The maximum atomic E-state index is 14.7. The Morgan fingerprint density at radius 1 is 1.02 bits per heavy atom. The fourth-order valence-electron chi connectivity index (χ4n) is 8.76. The van der Waals surface area contributed by atoms with Crippen LogP contribution >= 0.6 is 0 Å². The van der Waals surface area contributed by atoms with E-state index in [2.05, 4.69) is 45.9 Å². The van der Waals surface area contributed by atoms with Gasteiger partial charge in [0.1, 0.15) is 23.5 Å². The molecular weight excluding hydrogens is 632 g/mol. The third kappa shape index (κ3) is 7.27. The van der Waals surface area contributed by atoms with E-state index in [1.54, 1.807) is 19.6 Å². The fourth-order valence-corrected chi connectivity index (χ4v) is 8.76. The first-order valence-corrected chi connectivity index (χ1v) is 18.4. The number of rotatable bonds is 11. The van der Waals surface area contributed by atoms with Gasteiger partial charge in [-0.2, -0.15) is 0 Å². The van der Waals surface area contributed by atoms with E-state index in [4.69, 9.17) is 19.1 Å². The Kier molecular flexibility index (Phi) is 10.3. The van der Waals surface area contributed by atoms with Crippen LogP contribution in [0.25, 0.3) is 11.3 Å². The van der Waals surface area contributed by atoms with Gasteiger partial charge in [-0.3, -0.25) is 9.69 Å². The predicted molar refractivity (Wildman–Crippen MR) is 193 cm³/mol. The van der Waals surface area contributed by atoms with Crippen molar-refractivity contribution in [3.63, 3.8) is 0 Å². The Balaban J connectivity index is 1.25. The van der Waals surface area contributed by atoms with Crippen molar-refractivity contribution in [2.24, 2.45) is 11.3 Å². The van der Waals surface area contributed by atoms with Crippen LogP contribution in [0.4, 0.5) is 10.6 Å². The molecule has 2 heterocycles. The zero-order valence-corrected chi connectivity index (χ0v) is 30.4. The highest BCUT2D eigenvalue weighted by molar-refractivity contribution is 5.95. The molecule has 0 spiro atoms. The summed E-state index contributed by atoms with van der Waals surface area (Å²) >= 11 is 0. The smallest absolute Gasteiger partial charge is 0.407 e. The van der Waals surface area contributed by atoms with Crippen molar-refractivity contribution in [2.75, 3.05) is 31.7 Å². The number of ether oxygens (including phenoxy) is 1. The van der Waals surface area contributed by atoms with Crippen molar-refractivity contribution >= 4 is 17.8 Å². The van der Waals surface area contributed by atoms with E-state index in [9.17, 15) is 19.8 Å². The maximum absolute atomic E-state index is 14.7. The molecule has 2 amide bonds. The van der Waals surface area contributed by atoms with E-state index >= 15 is 0 Å². The highest BCUT2D eigenvalue weighted by atomic mass is 16.5. The van der Waals surface area contributed by atoms with E-state index in [1.165, 1.54) is 16.0 Å². The van der Waals surface area contributed by atoms with Crippen molar-refractivity contribution in [1.29, 1.82) is 0 Å². The number of hydrogen-bond donors (Lipinski definition) is 2. The number of aliphatic hydroxyl groups is 1. The number of benzene rings is 1. The van der Waals surface area contributed by atoms with Gasteiger partial charge < -0.3 is 24.3 Å². The molecule has 0 aliphatic heterocycles. The van der Waals surface area contributed by atoms with Crippen LogP contribution in [0.15, 0.2) is 47.2 Å². The quantitative estimate of drug-likeness (QED) is 0.208. The standard InChI is InChI=1S/C40H54N4O6/c1-27-23-30(9-12-33(27)49-5)40-17-14-39(15-18-40,16-19-40)26-44(34-24-29(13-20-41-34)32-25-50-36(42-32)38(2,3)4)35(46)28-7-10-31(11-8-28)43(37(47)48)21-6-22-45/h9,12-13,20,23-25,28,31,45H,6-8,10-11,14-19,21-22,26H2,1-5H3,(H,47,48). The molecule has 2 bridgehead atoms. The number of hydrogen-bond acceptors (Lipinski definition) is 7. The molecule has 50 heavy (non-hydrogen) atoms. The Bertz CT molecular complexity index is 1650. The number of anilines is 1. The molecule has 0 saturated heterocycles. The summed E-state index contributed by atoms with van der Waals surface area (Å²) in [6.07, 6.45) is 11.8. The largest absolute Gasteiger partial charge is 0.496 e. The van der Waals surface area contributed by atoms with Gasteiger partial charge >= 0.3 is 6.09 Å². The summed E-state index contributed by atoms with van der Waals surface area (Å²) in [4.78, 5) is 39.7. The highest BCUT2D eigenvalue weighted by Gasteiger charge is 2.51. The Morgan fingerprint density at radius 2 is 1.72 bits per heavy atom. The normalized spacial score (nSPS) is 24.9. The third-order valence-corrected chi connectivity index (χ3v) is 11.9. The molecule has 10 heteroatoms. The van der Waals surface area contributed by atoms with Gasteiger partial charge in [0, 0.05) is 48.8 Å². The minimum Gasteiger partial charge on any atom is -0.496 e. The lowest BCUT2D eigenvalue weighted by Gasteiger charge is -2.55. The van der Waals surface area contributed by atoms with Gasteiger partial charge in [0.25, 0.3) is 0 Å². The lowest BCUT2D eigenvalue weighted by molar-refractivity contribution is -0.124. The first-order chi connectivity index (χ1) is 23.9. The maximum Gasteiger partial charge on any atom is 0.407 e. The van der Waals surface area contributed by atoms with E-state index in [0.717, 1.165) is 55.5 Å². The summed E-state index contributed by atoms with van der Waals surface area (Å²) in [6, 6.07) is 10.4. The Labute approximate surface area is 296 Å². The van der Waals surface area contributed by atoms with Crippen LogP contribution in [-0.4, -0.2) is 69.9 Å². The van der Waals surface area contributed by atoms with Crippen molar-refractivity contribution in [2.45, 2.75) is 115 Å². The zero-order valence-electron chi connectivity index (χ0n) is 30.4. The van der Waals surface area contributed by atoms with Crippen LogP contribution in [0, 0.1) is 18.3 Å². The van der Waals surface area contributed by atoms with E-state index in [1.807, 2.05) is 17.0 Å². The van der Waals surface area contributed by atoms with Crippen molar-refractivity contribution in [3.05, 3.63) is 59.8 Å². The molecule has 270 valence electrons. The number of aryl methyl sites for hydroxylation is 1. The molecule has 4 saturated carbocycles. The van der Waals surface area contributed by atoms with Crippen LogP contribution < -0.4 is 9.64 Å². The Hall–Kier alpha value is -3.92. The van der Waals surface area contributed by atoms with E-state index in [-0.39, 0.29) is 40.7 Å². The number of aliphatic hydroxyl groups excluding tert-OH is 1. The predicted octanol–water partition coefficient (Wildman–Crippen LogP) is 7.90.